The van der Waals surface area contributed by atoms with Crippen molar-refractivity contribution in [2.75, 3.05) is 38.6 Å². The highest BCUT2D eigenvalue weighted by Crippen LogP contribution is 2.34. The Hall–Kier alpha value is -2.16. The Morgan fingerprint density at radius 3 is 2.79 bits per heavy atom. The highest BCUT2D eigenvalue weighted by molar-refractivity contribution is 7.13. The van der Waals surface area contributed by atoms with Crippen molar-refractivity contribution >= 4 is 22.5 Å². The van der Waals surface area contributed by atoms with E-state index in [2.05, 4.69) is 34.4 Å². The molecule has 4 N–H and O–H groups in total. The molecule has 1 aromatic carbocycles. The molecule has 0 radical (unpaired) electrons. The van der Waals surface area contributed by atoms with E-state index < -0.39 is 0 Å². The van der Waals surface area contributed by atoms with Crippen molar-refractivity contribution in [1.29, 1.82) is 0 Å². The van der Waals surface area contributed by atoms with Crippen molar-refractivity contribution in [1.82, 2.24) is 15.2 Å². The number of carbonyl (C=O) groups is 1. The minimum atomic E-state index is -0.268. The fraction of sp³-hybridized carbons (Fsp3) is 0.524. The second-order valence-corrected chi connectivity index (χ2v) is 8.83. The van der Waals surface area contributed by atoms with Gasteiger partial charge in [-0.05, 0) is 43.6 Å². The number of nitrogens with two attached hydrogens (primary N) is 1. The number of nitrogens with zero attached hydrogens (tertiary/aromatic N) is 2. The summed E-state index contributed by atoms with van der Waals surface area (Å²) in [7, 11) is 1.66. The highest BCUT2D eigenvalue weighted by atomic mass is 32.1. The van der Waals surface area contributed by atoms with Crippen LogP contribution in [0, 0.1) is 0 Å². The van der Waals surface area contributed by atoms with E-state index in [4.69, 9.17) is 10.5 Å². The third-order valence-electron chi connectivity index (χ3n) is 5.42. The molecule has 2 heterocycles. The number of aromatic nitrogens is 1. The van der Waals surface area contributed by atoms with Gasteiger partial charge in [0.2, 0.25) is 0 Å². The molecular weight excluding hydrogens is 386 g/mol. The van der Waals surface area contributed by atoms with Crippen LogP contribution >= 0.6 is 11.3 Å². The van der Waals surface area contributed by atoms with Crippen LogP contribution in [0.2, 0.25) is 0 Å². The Balaban J connectivity index is 1.47. The molecule has 1 aromatic heterocycles. The zero-order chi connectivity index (χ0) is 20.9. The van der Waals surface area contributed by atoms with Gasteiger partial charge in [-0.3, -0.25) is 5.32 Å². The van der Waals surface area contributed by atoms with E-state index in [9.17, 15) is 4.79 Å². The molecule has 1 aliphatic rings. The highest BCUT2D eigenvalue weighted by Gasteiger charge is 2.26. The number of anilines is 1. The molecule has 7 nitrogen and oxygen atoms in total. The average molecular weight is 418 g/mol. The first-order chi connectivity index (χ1) is 13.9. The van der Waals surface area contributed by atoms with Crippen LogP contribution in [-0.2, 0) is 5.41 Å². The summed E-state index contributed by atoms with van der Waals surface area (Å²) < 4.78 is 5.23. The predicted octanol–water partition coefficient (Wildman–Crippen LogP) is 3.02. The second kappa shape index (κ2) is 9.56. The first-order valence-corrected chi connectivity index (χ1v) is 10.9. The molecule has 158 valence electrons. The molecule has 1 aliphatic heterocycles. The number of nitrogens with one attached hydrogen (secondary N) is 2. The van der Waals surface area contributed by atoms with Gasteiger partial charge in [0, 0.05) is 29.9 Å². The smallest absolute Gasteiger partial charge is 0.321 e. The van der Waals surface area contributed by atoms with Crippen LogP contribution in [-0.4, -0.2) is 55.2 Å². The normalized spacial score (nSPS) is 17.3. The monoisotopic (exact) mass is 417 g/mol. The fourth-order valence-electron chi connectivity index (χ4n) is 3.49. The maximum absolute atomic E-state index is 12.2. The van der Waals surface area contributed by atoms with E-state index in [0.29, 0.717) is 17.7 Å². The van der Waals surface area contributed by atoms with Gasteiger partial charge in [-0.25, -0.2) is 9.78 Å². The number of amides is 2. The number of benzene rings is 1. The van der Waals surface area contributed by atoms with Gasteiger partial charge in [0.15, 0.2) is 5.13 Å². The van der Waals surface area contributed by atoms with E-state index in [1.54, 1.807) is 7.11 Å². The number of methoxy groups -OCH3 is 1. The molecule has 29 heavy (non-hydrogen) atoms. The Labute approximate surface area is 176 Å². The summed E-state index contributed by atoms with van der Waals surface area (Å²) >= 11 is 1.44. The predicted molar refractivity (Wildman–Crippen MR) is 118 cm³/mol. The number of hydrogen-bond donors (Lipinski definition) is 3. The maximum Gasteiger partial charge on any atom is 0.321 e. The summed E-state index contributed by atoms with van der Waals surface area (Å²) in [5.74, 6) is 0.828. The molecule has 0 spiro atoms. The molecule has 1 saturated heterocycles. The Morgan fingerprint density at radius 2 is 2.14 bits per heavy atom. The molecule has 2 aromatic rings. The summed E-state index contributed by atoms with van der Waals surface area (Å²) in [6.07, 6.45) is 1.97. The Bertz CT molecular complexity index is 806. The van der Waals surface area contributed by atoms with Crippen LogP contribution in [0.1, 0.15) is 37.9 Å². The summed E-state index contributed by atoms with van der Waals surface area (Å²) in [4.78, 5) is 19.1. The second-order valence-electron chi connectivity index (χ2n) is 7.98. The topological polar surface area (TPSA) is 92.5 Å². The number of urea groups is 1. The van der Waals surface area contributed by atoms with Crippen molar-refractivity contribution < 1.29 is 9.53 Å². The zero-order valence-electron chi connectivity index (χ0n) is 17.4. The van der Waals surface area contributed by atoms with Crippen LogP contribution in [0.5, 0.6) is 5.75 Å². The average Bonchev–Trinajstić information content (AvgIpc) is 3.34. The van der Waals surface area contributed by atoms with Crippen LogP contribution in [0.15, 0.2) is 29.6 Å². The van der Waals surface area contributed by atoms with Gasteiger partial charge in [-0.2, -0.15) is 0 Å². The molecule has 3 rings (SSSR count). The van der Waals surface area contributed by atoms with Crippen molar-refractivity contribution in [2.45, 2.75) is 38.1 Å². The van der Waals surface area contributed by atoms with E-state index >= 15 is 0 Å². The molecule has 0 aliphatic carbocycles. The number of carbonyl (C=O) groups excluding carboxylic acids is 1. The molecule has 0 bridgehead atoms. The lowest BCUT2D eigenvalue weighted by Crippen LogP contribution is -2.33. The van der Waals surface area contributed by atoms with E-state index in [-0.39, 0.29) is 11.4 Å². The molecule has 8 heteroatoms. The van der Waals surface area contributed by atoms with Crippen LogP contribution in [0.3, 0.4) is 0 Å². The van der Waals surface area contributed by atoms with Crippen molar-refractivity contribution in [3.8, 4) is 5.75 Å². The quantitative estimate of drug-likeness (QED) is 0.574. The van der Waals surface area contributed by atoms with Gasteiger partial charge in [0.1, 0.15) is 5.75 Å². The van der Waals surface area contributed by atoms with Gasteiger partial charge in [-0.15, -0.1) is 11.3 Å². The minimum Gasteiger partial charge on any atom is -0.497 e. The molecule has 2 amide bonds. The Kier molecular flexibility index (Phi) is 7.10. The molecule has 1 atom stereocenters. The van der Waals surface area contributed by atoms with Crippen LogP contribution < -0.4 is 21.1 Å². The summed E-state index contributed by atoms with van der Waals surface area (Å²) in [6, 6.07) is 8.08. The number of likely N-dealkylation sites (tertiary alicyclic amines) is 1. The van der Waals surface area contributed by atoms with Gasteiger partial charge < -0.3 is 20.7 Å². The van der Waals surface area contributed by atoms with Crippen LogP contribution in [0.25, 0.3) is 0 Å². The lowest BCUT2D eigenvalue weighted by atomic mass is 9.82. The maximum atomic E-state index is 12.2. The first-order valence-electron chi connectivity index (χ1n) is 10.0. The molecule has 1 fully saturated rings. The fourth-order valence-corrected chi connectivity index (χ4v) is 4.36. The number of ether oxygens (including phenoxy) is 1. The van der Waals surface area contributed by atoms with Gasteiger partial charge in [-0.1, -0.05) is 26.0 Å². The van der Waals surface area contributed by atoms with Gasteiger partial charge >= 0.3 is 6.03 Å². The van der Waals surface area contributed by atoms with Crippen LogP contribution in [0.4, 0.5) is 9.93 Å². The lowest BCUT2D eigenvalue weighted by Gasteiger charge is -2.23. The lowest BCUT2D eigenvalue weighted by molar-refractivity contribution is 0.251. The third-order valence-corrected chi connectivity index (χ3v) is 6.18. The minimum absolute atomic E-state index is 0.216. The largest absolute Gasteiger partial charge is 0.497 e. The number of hydrogen-bond acceptors (Lipinski definition) is 6. The molecular formula is C21H31N5O2S. The SMILES string of the molecule is COc1ccc(C(C)(C)c2csc(NC(=O)NCCCN3CCC(N)C3)n2)cc1. The van der Waals surface area contributed by atoms with Crippen molar-refractivity contribution in [2.24, 2.45) is 5.73 Å². The van der Waals surface area contributed by atoms with E-state index in [0.717, 1.165) is 49.5 Å². The standard InChI is InChI=1S/C21H31N5O2S/c1-21(2,15-5-7-17(28-3)8-6-15)18-14-29-20(24-18)25-19(27)23-10-4-11-26-12-9-16(22)13-26/h5-8,14,16H,4,9-13,22H2,1-3H3,(H2,23,24,25,27). The summed E-state index contributed by atoms with van der Waals surface area (Å²) in [5, 5.41) is 8.34. The molecule has 0 saturated carbocycles. The van der Waals surface area contributed by atoms with E-state index in [1.807, 2.05) is 29.6 Å². The van der Waals surface area contributed by atoms with Crippen molar-refractivity contribution in [3.05, 3.63) is 40.9 Å². The summed E-state index contributed by atoms with van der Waals surface area (Å²) in [6.45, 7) is 7.85. The van der Waals surface area contributed by atoms with E-state index in [1.165, 1.54) is 11.3 Å². The number of thiazole rings is 1. The Morgan fingerprint density at radius 1 is 1.38 bits per heavy atom. The zero-order valence-corrected chi connectivity index (χ0v) is 18.2. The molecule has 1 unspecified atom stereocenters. The number of rotatable bonds is 8. The van der Waals surface area contributed by atoms with Crippen molar-refractivity contribution in [3.63, 3.8) is 0 Å². The first kappa shape index (κ1) is 21.5. The van der Waals surface area contributed by atoms with Gasteiger partial charge in [0.05, 0.1) is 12.8 Å². The third kappa shape index (κ3) is 5.68. The van der Waals surface area contributed by atoms with Gasteiger partial charge in [0.25, 0.3) is 0 Å². The summed E-state index contributed by atoms with van der Waals surface area (Å²) in [5.41, 5.74) is 7.71.